The molecule has 1 N–H and O–H groups in total. The number of rotatable bonds is 8. The van der Waals surface area contributed by atoms with Crippen molar-refractivity contribution in [2.45, 2.75) is 20.0 Å². The van der Waals surface area contributed by atoms with E-state index in [1.807, 2.05) is 24.3 Å². The van der Waals surface area contributed by atoms with Crippen LogP contribution in [0.25, 0.3) is 0 Å². The fourth-order valence-corrected chi connectivity index (χ4v) is 2.64. The average molecular weight is 335 g/mol. The molecule has 0 aliphatic carbocycles. The standard InChI is InChI=1S/C18H29N3O3/c1-5-20(3)11-14(2)10-19-18(22)21-12-17(13-21)24-16-8-6-7-15(9-16)23-4/h6-9,14,17H,5,10-13H2,1-4H3,(H,19,22). The lowest BCUT2D eigenvalue weighted by Crippen LogP contribution is -2.59. The Balaban J connectivity index is 1.67. The number of amides is 2. The number of urea groups is 1. The molecule has 6 nitrogen and oxygen atoms in total. The molecule has 6 heteroatoms. The van der Waals surface area contributed by atoms with Crippen molar-refractivity contribution in [1.29, 1.82) is 0 Å². The summed E-state index contributed by atoms with van der Waals surface area (Å²) in [5.41, 5.74) is 0. The van der Waals surface area contributed by atoms with Crippen molar-refractivity contribution >= 4 is 6.03 Å². The molecule has 1 aliphatic heterocycles. The number of carbonyl (C=O) groups excluding carboxylic acids is 1. The number of benzene rings is 1. The predicted octanol–water partition coefficient (Wildman–Crippen LogP) is 2.06. The summed E-state index contributed by atoms with van der Waals surface area (Å²) in [6, 6.07) is 7.52. The number of likely N-dealkylation sites (tertiary alicyclic amines) is 1. The maximum absolute atomic E-state index is 12.1. The summed E-state index contributed by atoms with van der Waals surface area (Å²) in [6.45, 7) is 8.22. The van der Waals surface area contributed by atoms with Crippen LogP contribution in [0.4, 0.5) is 4.79 Å². The van der Waals surface area contributed by atoms with E-state index in [9.17, 15) is 4.79 Å². The van der Waals surface area contributed by atoms with E-state index >= 15 is 0 Å². The zero-order valence-electron chi connectivity index (χ0n) is 15.1. The Hall–Kier alpha value is -1.95. The van der Waals surface area contributed by atoms with Crippen molar-refractivity contribution < 1.29 is 14.3 Å². The summed E-state index contributed by atoms with van der Waals surface area (Å²) >= 11 is 0. The van der Waals surface area contributed by atoms with Crippen LogP contribution in [0.3, 0.4) is 0 Å². The zero-order chi connectivity index (χ0) is 17.5. The van der Waals surface area contributed by atoms with Crippen LogP contribution in [-0.2, 0) is 0 Å². The van der Waals surface area contributed by atoms with Gasteiger partial charge in [0.25, 0.3) is 0 Å². The second kappa shape index (κ2) is 8.78. The Morgan fingerprint density at radius 2 is 2.12 bits per heavy atom. The topological polar surface area (TPSA) is 54.0 Å². The first-order valence-electron chi connectivity index (χ1n) is 8.53. The minimum Gasteiger partial charge on any atom is -0.497 e. The van der Waals surface area contributed by atoms with Gasteiger partial charge in [-0.2, -0.15) is 0 Å². The molecular weight excluding hydrogens is 306 g/mol. The highest BCUT2D eigenvalue weighted by Crippen LogP contribution is 2.22. The molecule has 0 bridgehead atoms. The molecule has 1 aliphatic rings. The lowest BCUT2D eigenvalue weighted by Gasteiger charge is -2.39. The third-order valence-corrected chi connectivity index (χ3v) is 4.24. The maximum atomic E-state index is 12.1. The van der Waals surface area contributed by atoms with Crippen molar-refractivity contribution in [3.05, 3.63) is 24.3 Å². The normalized spacial score (nSPS) is 15.8. The van der Waals surface area contributed by atoms with Crippen molar-refractivity contribution in [3.8, 4) is 11.5 Å². The Labute approximate surface area is 144 Å². The van der Waals surface area contributed by atoms with Gasteiger partial charge in [0.1, 0.15) is 17.6 Å². The molecule has 1 aromatic carbocycles. The molecule has 1 aromatic rings. The molecule has 1 saturated heterocycles. The van der Waals surface area contributed by atoms with Crippen molar-refractivity contribution in [2.75, 3.05) is 46.9 Å². The number of carbonyl (C=O) groups is 1. The summed E-state index contributed by atoms with van der Waals surface area (Å²) in [4.78, 5) is 16.1. The summed E-state index contributed by atoms with van der Waals surface area (Å²) in [5, 5.41) is 3.00. The third kappa shape index (κ3) is 5.30. The molecule has 1 fully saturated rings. The van der Waals surface area contributed by atoms with Crippen LogP contribution in [0.5, 0.6) is 11.5 Å². The van der Waals surface area contributed by atoms with E-state index < -0.39 is 0 Å². The predicted molar refractivity (Wildman–Crippen MR) is 94.7 cm³/mol. The molecular formula is C18H29N3O3. The molecule has 2 amide bonds. The van der Waals surface area contributed by atoms with Crippen molar-refractivity contribution in [1.82, 2.24) is 15.1 Å². The van der Waals surface area contributed by atoms with Crippen LogP contribution < -0.4 is 14.8 Å². The Morgan fingerprint density at radius 1 is 1.42 bits per heavy atom. The fourth-order valence-electron chi connectivity index (χ4n) is 2.64. The Morgan fingerprint density at radius 3 is 2.79 bits per heavy atom. The first-order chi connectivity index (χ1) is 11.5. The average Bonchev–Trinajstić information content (AvgIpc) is 2.55. The van der Waals surface area contributed by atoms with E-state index in [4.69, 9.17) is 9.47 Å². The zero-order valence-corrected chi connectivity index (χ0v) is 15.1. The molecule has 1 unspecified atom stereocenters. The van der Waals surface area contributed by atoms with E-state index in [2.05, 4.69) is 31.1 Å². The minimum atomic E-state index is -0.00788. The molecule has 2 rings (SSSR count). The molecule has 1 atom stereocenters. The molecule has 0 spiro atoms. The Kier molecular flexibility index (Phi) is 6.73. The van der Waals surface area contributed by atoms with Crippen LogP contribution in [0.2, 0.25) is 0 Å². The number of ether oxygens (including phenoxy) is 2. The van der Waals surface area contributed by atoms with Gasteiger partial charge in [-0.3, -0.25) is 0 Å². The molecule has 134 valence electrons. The smallest absolute Gasteiger partial charge is 0.317 e. The lowest BCUT2D eigenvalue weighted by atomic mass is 10.1. The molecule has 24 heavy (non-hydrogen) atoms. The van der Waals surface area contributed by atoms with E-state index in [1.165, 1.54) is 0 Å². The van der Waals surface area contributed by atoms with Gasteiger partial charge in [0.15, 0.2) is 0 Å². The fraction of sp³-hybridized carbons (Fsp3) is 0.611. The quantitative estimate of drug-likeness (QED) is 0.790. The number of hydrogen-bond donors (Lipinski definition) is 1. The monoisotopic (exact) mass is 335 g/mol. The highest BCUT2D eigenvalue weighted by Gasteiger charge is 2.32. The number of methoxy groups -OCH3 is 1. The van der Waals surface area contributed by atoms with Gasteiger partial charge in [-0.05, 0) is 31.6 Å². The van der Waals surface area contributed by atoms with Crippen LogP contribution in [-0.4, -0.2) is 68.8 Å². The first-order valence-corrected chi connectivity index (χ1v) is 8.53. The van der Waals surface area contributed by atoms with Gasteiger partial charge in [0, 0.05) is 19.2 Å². The van der Waals surface area contributed by atoms with E-state index in [0.29, 0.717) is 25.6 Å². The van der Waals surface area contributed by atoms with E-state index in [1.54, 1.807) is 12.0 Å². The SMILES string of the molecule is CCN(C)CC(C)CNC(=O)N1CC(Oc2cccc(OC)c2)C1. The van der Waals surface area contributed by atoms with E-state index in [-0.39, 0.29) is 12.1 Å². The highest BCUT2D eigenvalue weighted by molar-refractivity contribution is 5.75. The van der Waals surface area contributed by atoms with Gasteiger partial charge >= 0.3 is 6.03 Å². The van der Waals surface area contributed by atoms with Crippen molar-refractivity contribution in [2.24, 2.45) is 5.92 Å². The van der Waals surface area contributed by atoms with Crippen molar-refractivity contribution in [3.63, 3.8) is 0 Å². The molecule has 0 aromatic heterocycles. The summed E-state index contributed by atoms with van der Waals surface area (Å²) in [5.74, 6) is 1.98. The third-order valence-electron chi connectivity index (χ3n) is 4.24. The number of nitrogens with one attached hydrogen (secondary N) is 1. The van der Waals surface area contributed by atoms with Gasteiger partial charge in [0.2, 0.25) is 0 Å². The maximum Gasteiger partial charge on any atom is 0.317 e. The van der Waals surface area contributed by atoms with E-state index in [0.717, 1.165) is 24.6 Å². The summed E-state index contributed by atoms with van der Waals surface area (Å²) in [6.07, 6.45) is 0.0477. The minimum absolute atomic E-state index is 0.00788. The van der Waals surface area contributed by atoms with Gasteiger partial charge in [0.05, 0.1) is 20.2 Å². The molecule has 0 saturated carbocycles. The second-order valence-corrected chi connectivity index (χ2v) is 6.47. The van der Waals surface area contributed by atoms with Crippen LogP contribution in [0.1, 0.15) is 13.8 Å². The van der Waals surface area contributed by atoms with Gasteiger partial charge in [-0.1, -0.05) is 19.9 Å². The highest BCUT2D eigenvalue weighted by atomic mass is 16.5. The number of hydrogen-bond acceptors (Lipinski definition) is 4. The second-order valence-electron chi connectivity index (χ2n) is 6.47. The lowest BCUT2D eigenvalue weighted by molar-refractivity contribution is 0.0439. The molecule has 0 radical (unpaired) electrons. The van der Waals surface area contributed by atoms with Gasteiger partial charge < -0.3 is 24.6 Å². The largest absolute Gasteiger partial charge is 0.497 e. The molecule has 1 heterocycles. The first kappa shape index (κ1) is 18.4. The van der Waals surface area contributed by atoms with Crippen LogP contribution >= 0.6 is 0 Å². The van der Waals surface area contributed by atoms with Gasteiger partial charge in [-0.15, -0.1) is 0 Å². The summed E-state index contributed by atoms with van der Waals surface area (Å²) < 4.78 is 11.0. The Bertz CT molecular complexity index is 532. The van der Waals surface area contributed by atoms with Gasteiger partial charge in [-0.25, -0.2) is 4.79 Å². The van der Waals surface area contributed by atoms with Crippen LogP contribution in [0, 0.1) is 5.92 Å². The number of nitrogens with zero attached hydrogens (tertiary/aromatic N) is 2. The summed E-state index contributed by atoms with van der Waals surface area (Å²) in [7, 11) is 3.72. The van der Waals surface area contributed by atoms with Crippen LogP contribution in [0.15, 0.2) is 24.3 Å².